The Hall–Kier alpha value is -3.01. The van der Waals surface area contributed by atoms with Gasteiger partial charge in [-0.25, -0.2) is 13.6 Å². The molecule has 1 unspecified atom stereocenters. The third-order valence-corrected chi connectivity index (χ3v) is 7.65. The van der Waals surface area contributed by atoms with Gasteiger partial charge in [-0.1, -0.05) is 36.9 Å². The summed E-state index contributed by atoms with van der Waals surface area (Å²) in [6, 6.07) is 11.0. The maximum Gasteiger partial charge on any atom is 0.475 e. The summed E-state index contributed by atoms with van der Waals surface area (Å²) in [5, 5.41) is 31.9. The van der Waals surface area contributed by atoms with E-state index in [0.29, 0.717) is 25.8 Å². The van der Waals surface area contributed by atoms with Crippen molar-refractivity contribution >= 4 is 19.1 Å². The van der Waals surface area contributed by atoms with E-state index in [9.17, 15) is 33.7 Å². The number of nitrogens with one attached hydrogen (secondary N) is 1. The van der Waals surface area contributed by atoms with Crippen molar-refractivity contribution in [1.29, 1.82) is 5.26 Å². The summed E-state index contributed by atoms with van der Waals surface area (Å²) < 4.78 is 33.3. The van der Waals surface area contributed by atoms with Gasteiger partial charge < -0.3 is 25.0 Å². The average Bonchev–Trinajstić information content (AvgIpc) is 3.10. The second kappa shape index (κ2) is 12.9. The summed E-state index contributed by atoms with van der Waals surface area (Å²) in [6.45, 7) is 7.42. The molecule has 0 spiro atoms. The molecule has 0 aliphatic carbocycles. The van der Waals surface area contributed by atoms with Crippen molar-refractivity contribution in [1.82, 2.24) is 15.1 Å². The number of carbonyl (C=O) groups excluding carboxylic acids is 2. The predicted molar refractivity (Wildman–Crippen MR) is 141 cm³/mol. The molecule has 2 heterocycles. The van der Waals surface area contributed by atoms with E-state index in [1.807, 2.05) is 12.1 Å². The summed E-state index contributed by atoms with van der Waals surface area (Å²) in [4.78, 5) is 29.1. The fourth-order valence-corrected chi connectivity index (χ4v) is 5.07. The van der Waals surface area contributed by atoms with Gasteiger partial charge in [0.2, 0.25) is 5.91 Å². The molecule has 3 rings (SSSR count). The van der Waals surface area contributed by atoms with E-state index in [1.54, 1.807) is 43.0 Å². The van der Waals surface area contributed by atoms with E-state index in [-0.39, 0.29) is 31.5 Å². The largest absolute Gasteiger partial charge is 0.475 e. The second-order valence-corrected chi connectivity index (χ2v) is 10.8. The van der Waals surface area contributed by atoms with Gasteiger partial charge >= 0.3 is 13.2 Å². The molecule has 0 radical (unpaired) electrons. The lowest BCUT2D eigenvalue weighted by molar-refractivity contribution is -0.134. The first-order valence-electron chi connectivity index (χ1n) is 13.2. The van der Waals surface area contributed by atoms with Crippen molar-refractivity contribution in [2.24, 2.45) is 5.92 Å². The number of rotatable bonds is 9. The van der Waals surface area contributed by atoms with E-state index < -0.39 is 55.1 Å². The number of alkyl carbamates (subject to hydrolysis) is 1. The maximum absolute atomic E-state index is 13.9. The quantitative estimate of drug-likeness (QED) is 0.321. The number of halogens is 2. The van der Waals surface area contributed by atoms with Crippen molar-refractivity contribution < 1.29 is 33.2 Å². The molecule has 3 N–H and O–H groups in total. The first kappa shape index (κ1) is 30.5. The number of hydrogen-bond acceptors (Lipinski definition) is 7. The molecule has 39 heavy (non-hydrogen) atoms. The minimum absolute atomic E-state index is 0.0466. The third kappa shape index (κ3) is 8.00. The minimum atomic E-state index is -2.83. The zero-order valence-corrected chi connectivity index (χ0v) is 22.5. The van der Waals surface area contributed by atoms with Crippen LogP contribution in [0.1, 0.15) is 45.1 Å². The van der Waals surface area contributed by atoms with Crippen LogP contribution in [-0.2, 0) is 16.0 Å². The molecule has 0 aromatic heterocycles. The highest BCUT2D eigenvalue weighted by Gasteiger charge is 2.47. The number of nitriles is 1. The molecule has 2 saturated heterocycles. The second-order valence-electron chi connectivity index (χ2n) is 10.8. The molecule has 3 atom stereocenters. The Morgan fingerprint density at radius 1 is 1.28 bits per heavy atom. The van der Waals surface area contributed by atoms with Crippen LogP contribution in [0.5, 0.6) is 0 Å². The zero-order chi connectivity index (χ0) is 28.8. The van der Waals surface area contributed by atoms with Gasteiger partial charge in [0.1, 0.15) is 12.0 Å². The molecule has 0 bridgehead atoms. The first-order valence-corrected chi connectivity index (χ1v) is 13.2. The summed E-state index contributed by atoms with van der Waals surface area (Å²) in [5.41, 5.74) is 0.0367. The summed E-state index contributed by atoms with van der Waals surface area (Å²) in [6.07, 6.45) is 0.142. The van der Waals surface area contributed by atoms with Gasteiger partial charge in [-0.15, -0.1) is 0 Å². The smallest absolute Gasteiger partial charge is 0.444 e. The molecular formula is C27H37BF2N4O5. The van der Waals surface area contributed by atoms with Gasteiger partial charge in [-0.05, 0) is 50.7 Å². The molecule has 2 aliphatic heterocycles. The fraction of sp³-hybridized carbons (Fsp3) is 0.593. The van der Waals surface area contributed by atoms with Gasteiger partial charge in [-0.3, -0.25) is 9.69 Å². The number of alkyl halides is 2. The number of ether oxygens (including phenoxy) is 1. The molecule has 212 valence electrons. The van der Waals surface area contributed by atoms with Gasteiger partial charge in [0.15, 0.2) is 0 Å². The van der Waals surface area contributed by atoms with Crippen LogP contribution in [0.15, 0.2) is 42.5 Å². The van der Waals surface area contributed by atoms with E-state index in [4.69, 9.17) is 4.74 Å². The lowest BCUT2D eigenvalue weighted by Crippen LogP contribution is -2.50. The van der Waals surface area contributed by atoms with Gasteiger partial charge in [0.05, 0.1) is 25.1 Å². The molecule has 1 aromatic rings. The van der Waals surface area contributed by atoms with Crippen LogP contribution in [0.4, 0.5) is 13.6 Å². The average molecular weight is 546 g/mol. The zero-order valence-electron chi connectivity index (χ0n) is 22.5. The van der Waals surface area contributed by atoms with Crippen LogP contribution in [0.25, 0.3) is 0 Å². The predicted octanol–water partition coefficient (Wildman–Crippen LogP) is 2.53. The Labute approximate surface area is 228 Å². The van der Waals surface area contributed by atoms with E-state index >= 15 is 0 Å². The number of carbonyl (C=O) groups is 2. The molecule has 12 heteroatoms. The maximum atomic E-state index is 13.9. The summed E-state index contributed by atoms with van der Waals surface area (Å²) in [5.74, 6) is -5.59. The Balaban J connectivity index is 1.63. The van der Waals surface area contributed by atoms with Gasteiger partial charge in [-0.2, -0.15) is 5.26 Å². The highest BCUT2D eigenvalue weighted by atomic mass is 19.3. The van der Waals surface area contributed by atoms with Crippen LogP contribution < -0.4 is 5.32 Å². The summed E-state index contributed by atoms with van der Waals surface area (Å²) in [7, 11) is -1.81. The Kier molecular flexibility index (Phi) is 10.1. The SMILES string of the molecule is C=C(C(C#N)C(=O)N1CCCC[C@H](OC(=O)N[C@@H](Cc2ccccc2)B(O)O)C1)C(C)(C)N1CCC(F)(F)C1. The lowest BCUT2D eigenvalue weighted by atomic mass is 9.76. The molecule has 2 amide bonds. The normalized spacial score (nSPS) is 21.3. The van der Waals surface area contributed by atoms with E-state index in [2.05, 4.69) is 11.9 Å². The number of benzene rings is 1. The number of hydrogen-bond donors (Lipinski definition) is 3. The van der Waals surface area contributed by atoms with Gasteiger partial charge in [0, 0.05) is 25.0 Å². The van der Waals surface area contributed by atoms with Crippen LogP contribution in [-0.4, -0.2) is 88.7 Å². The fourth-order valence-electron chi connectivity index (χ4n) is 5.07. The van der Waals surface area contributed by atoms with Crippen LogP contribution >= 0.6 is 0 Å². The van der Waals surface area contributed by atoms with Crippen molar-refractivity contribution in [3.8, 4) is 6.07 Å². The molecule has 2 aliphatic rings. The molecule has 0 saturated carbocycles. The van der Waals surface area contributed by atoms with Crippen molar-refractivity contribution in [3.63, 3.8) is 0 Å². The molecule has 1 aromatic carbocycles. The number of likely N-dealkylation sites (tertiary alicyclic amines) is 2. The Morgan fingerprint density at radius 3 is 2.56 bits per heavy atom. The number of nitrogens with zero attached hydrogens (tertiary/aromatic N) is 3. The molecule has 2 fully saturated rings. The highest BCUT2D eigenvalue weighted by molar-refractivity contribution is 6.43. The van der Waals surface area contributed by atoms with Gasteiger partial charge in [0.25, 0.3) is 5.92 Å². The topological polar surface area (TPSA) is 126 Å². The van der Waals surface area contributed by atoms with Crippen LogP contribution in [0.2, 0.25) is 0 Å². The highest BCUT2D eigenvalue weighted by Crippen LogP contribution is 2.37. The molecular weight excluding hydrogens is 509 g/mol. The van der Waals surface area contributed by atoms with E-state index in [1.165, 1.54) is 4.90 Å². The summed E-state index contributed by atoms with van der Waals surface area (Å²) >= 11 is 0. The van der Waals surface area contributed by atoms with E-state index in [0.717, 1.165) is 5.56 Å². The Bertz CT molecular complexity index is 1070. The first-order chi connectivity index (χ1) is 18.3. The number of amides is 2. The van der Waals surface area contributed by atoms with Crippen molar-refractivity contribution in [2.75, 3.05) is 26.2 Å². The van der Waals surface area contributed by atoms with Crippen LogP contribution in [0.3, 0.4) is 0 Å². The third-order valence-electron chi connectivity index (χ3n) is 7.65. The van der Waals surface area contributed by atoms with Crippen molar-refractivity contribution in [2.45, 2.75) is 69.5 Å². The molecule has 9 nitrogen and oxygen atoms in total. The minimum Gasteiger partial charge on any atom is -0.444 e. The van der Waals surface area contributed by atoms with Crippen molar-refractivity contribution in [3.05, 3.63) is 48.0 Å². The Morgan fingerprint density at radius 2 is 1.97 bits per heavy atom. The standard InChI is InChI=1S/C27H37BF2N4O5/c1-19(26(2,3)34-14-12-27(29,30)18-34)22(16-31)24(35)33-13-8-7-11-21(17-33)39-25(36)32-23(28(37)38)15-20-9-5-4-6-10-20/h4-6,9-10,21-23,37-38H,1,7-8,11-15,17-18H2,2-3H3,(H,32,36)/t21-,22?,23-/m0/s1. The van der Waals surface area contributed by atoms with Crippen LogP contribution in [0, 0.1) is 17.2 Å². The monoisotopic (exact) mass is 546 g/mol. The lowest BCUT2D eigenvalue weighted by Gasteiger charge is -2.39.